The van der Waals surface area contributed by atoms with E-state index in [0.29, 0.717) is 22.9 Å². The highest BCUT2D eigenvalue weighted by atomic mass is 35.5. The molecule has 2 aromatic carbocycles. The second kappa shape index (κ2) is 12.5. The van der Waals surface area contributed by atoms with E-state index in [4.69, 9.17) is 32.9 Å². The number of hydrogen-bond donors (Lipinski definition) is 1. The molecule has 4 rings (SSSR count). The third kappa shape index (κ3) is 7.44. The maximum Gasteiger partial charge on any atom is 0.224 e. The number of rotatable bonds is 7. The first-order valence-electron chi connectivity index (χ1n) is 12.0. The van der Waals surface area contributed by atoms with Crippen molar-refractivity contribution in [3.05, 3.63) is 58.1 Å². The lowest BCUT2D eigenvalue weighted by atomic mass is 10.1. The molecule has 2 heterocycles. The topological polar surface area (TPSA) is 57.2 Å². The fourth-order valence-corrected chi connectivity index (χ4v) is 4.81. The second-order valence-electron chi connectivity index (χ2n) is 8.80. The Morgan fingerprint density at radius 2 is 1.71 bits per heavy atom. The van der Waals surface area contributed by atoms with Crippen molar-refractivity contribution >= 4 is 46.3 Å². The molecule has 0 atom stereocenters. The van der Waals surface area contributed by atoms with Crippen LogP contribution in [0.3, 0.4) is 0 Å². The third-order valence-electron chi connectivity index (χ3n) is 6.24. The van der Waals surface area contributed by atoms with Crippen molar-refractivity contribution in [2.45, 2.75) is 32.1 Å². The van der Waals surface area contributed by atoms with E-state index in [2.05, 4.69) is 15.1 Å². The monoisotopic (exact) mass is 502 g/mol. The molecule has 0 bridgehead atoms. The molecule has 0 saturated carbocycles. The highest BCUT2D eigenvalue weighted by Crippen LogP contribution is 2.23. The van der Waals surface area contributed by atoms with Crippen LogP contribution < -0.4 is 5.32 Å². The summed E-state index contributed by atoms with van der Waals surface area (Å²) in [5.74, 6) is 1.04. The van der Waals surface area contributed by atoms with Crippen LogP contribution in [0.5, 0.6) is 0 Å². The first kappa shape index (κ1) is 25.0. The molecule has 2 aliphatic heterocycles. The van der Waals surface area contributed by atoms with E-state index in [1.165, 1.54) is 19.3 Å². The van der Waals surface area contributed by atoms with E-state index in [1.807, 2.05) is 30.3 Å². The first-order chi connectivity index (χ1) is 16.6. The van der Waals surface area contributed by atoms with Gasteiger partial charge in [0, 0.05) is 35.2 Å². The lowest BCUT2D eigenvalue weighted by Crippen LogP contribution is -2.46. The number of hydrogen-bond acceptors (Lipinski definition) is 4. The highest BCUT2D eigenvalue weighted by Gasteiger charge is 2.19. The van der Waals surface area contributed by atoms with Crippen LogP contribution in [0.1, 0.15) is 31.2 Å². The van der Waals surface area contributed by atoms with Gasteiger partial charge >= 0.3 is 0 Å². The summed E-state index contributed by atoms with van der Waals surface area (Å²) in [4.78, 5) is 22.3. The number of carbonyl (C=O) groups is 1. The number of piperidine rings is 1. The van der Waals surface area contributed by atoms with E-state index < -0.39 is 0 Å². The number of benzene rings is 2. The minimum Gasteiger partial charge on any atom is -0.378 e. The van der Waals surface area contributed by atoms with Crippen LogP contribution in [0.15, 0.2) is 47.5 Å². The van der Waals surface area contributed by atoms with Gasteiger partial charge in [0.25, 0.3) is 0 Å². The number of morpholine rings is 1. The summed E-state index contributed by atoms with van der Waals surface area (Å²) in [6.07, 6.45) is 4.74. The summed E-state index contributed by atoms with van der Waals surface area (Å²) >= 11 is 12.1. The smallest absolute Gasteiger partial charge is 0.224 e. The molecule has 2 aromatic rings. The largest absolute Gasteiger partial charge is 0.378 e. The number of amides is 1. The Labute approximate surface area is 211 Å². The van der Waals surface area contributed by atoms with Gasteiger partial charge in [0.05, 0.1) is 25.4 Å². The van der Waals surface area contributed by atoms with E-state index in [1.54, 1.807) is 12.1 Å². The lowest BCUT2D eigenvalue weighted by Gasteiger charge is -2.34. The summed E-state index contributed by atoms with van der Waals surface area (Å²) in [5.41, 5.74) is 2.56. The normalized spacial score (nSPS) is 17.6. The third-order valence-corrected chi connectivity index (χ3v) is 6.82. The summed E-state index contributed by atoms with van der Waals surface area (Å²) in [5, 5.41) is 4.14. The quantitative estimate of drug-likeness (QED) is 0.406. The van der Waals surface area contributed by atoms with Crippen LogP contribution in [-0.2, 0) is 16.0 Å². The average molecular weight is 503 g/mol. The molecule has 0 unspecified atom stereocenters. The van der Waals surface area contributed by atoms with Crippen LogP contribution in [0.25, 0.3) is 0 Å². The summed E-state index contributed by atoms with van der Waals surface area (Å²) in [7, 11) is 0. The fourth-order valence-electron chi connectivity index (χ4n) is 4.31. The van der Waals surface area contributed by atoms with Gasteiger partial charge < -0.3 is 15.0 Å². The summed E-state index contributed by atoms with van der Waals surface area (Å²) in [6, 6.07) is 13.1. The van der Waals surface area contributed by atoms with E-state index in [9.17, 15) is 4.79 Å². The summed E-state index contributed by atoms with van der Waals surface area (Å²) < 4.78 is 5.54. The zero-order valence-corrected chi connectivity index (χ0v) is 21.0. The number of anilines is 1. The van der Waals surface area contributed by atoms with Gasteiger partial charge in [0.1, 0.15) is 5.84 Å². The molecule has 8 heteroatoms. The predicted molar refractivity (Wildman–Crippen MR) is 140 cm³/mol. The number of nitrogens with zero attached hydrogens (tertiary/aromatic N) is 3. The van der Waals surface area contributed by atoms with Crippen LogP contribution in [-0.4, -0.2) is 67.5 Å². The molecule has 182 valence electrons. The van der Waals surface area contributed by atoms with Crippen molar-refractivity contribution < 1.29 is 9.53 Å². The van der Waals surface area contributed by atoms with Crippen LogP contribution >= 0.6 is 23.2 Å². The SMILES string of the molecule is O=C(CCc1ccc(Cl)cc1Cl)Nc1ccc(N=C(CN2CCCCC2)N2CCOCC2)cc1. The number of aryl methyl sites for hydroxylation is 1. The number of halogens is 2. The Morgan fingerprint density at radius 1 is 0.971 bits per heavy atom. The minimum absolute atomic E-state index is 0.0543. The van der Waals surface area contributed by atoms with Gasteiger partial charge in [-0.25, -0.2) is 4.99 Å². The number of ether oxygens (including phenoxy) is 1. The van der Waals surface area contributed by atoms with Crippen molar-refractivity contribution in [1.82, 2.24) is 9.80 Å². The van der Waals surface area contributed by atoms with E-state index >= 15 is 0 Å². The van der Waals surface area contributed by atoms with Gasteiger partial charge in [0.15, 0.2) is 0 Å². The van der Waals surface area contributed by atoms with Gasteiger partial charge in [-0.2, -0.15) is 0 Å². The van der Waals surface area contributed by atoms with Gasteiger partial charge in [-0.1, -0.05) is 35.7 Å². The molecule has 0 radical (unpaired) electrons. The molecular formula is C26H32Cl2N4O2. The molecule has 2 aliphatic rings. The maximum absolute atomic E-state index is 12.4. The molecule has 1 amide bonds. The molecule has 34 heavy (non-hydrogen) atoms. The Hall–Kier alpha value is -2.12. The van der Waals surface area contributed by atoms with Crippen LogP contribution in [0.2, 0.25) is 10.0 Å². The van der Waals surface area contributed by atoms with Crippen molar-refractivity contribution in [2.24, 2.45) is 4.99 Å². The Balaban J connectivity index is 1.36. The first-order valence-corrected chi connectivity index (χ1v) is 12.8. The highest BCUT2D eigenvalue weighted by molar-refractivity contribution is 6.35. The minimum atomic E-state index is -0.0543. The van der Waals surface area contributed by atoms with Crippen molar-refractivity contribution in [1.29, 1.82) is 0 Å². The number of carbonyl (C=O) groups excluding carboxylic acids is 1. The summed E-state index contributed by atoms with van der Waals surface area (Å²) in [6.45, 7) is 6.37. The van der Waals surface area contributed by atoms with Crippen molar-refractivity contribution in [3.63, 3.8) is 0 Å². The number of nitrogens with one attached hydrogen (secondary N) is 1. The van der Waals surface area contributed by atoms with E-state index in [0.717, 1.165) is 68.7 Å². The molecule has 0 spiro atoms. The molecule has 2 saturated heterocycles. The van der Waals surface area contributed by atoms with Gasteiger partial charge in [0.2, 0.25) is 5.91 Å². The standard InChI is InChI=1S/C26H32Cl2N4O2/c27-21-6-4-20(24(28)18-21)5-11-26(33)30-23-9-7-22(8-10-23)29-25(32-14-16-34-17-15-32)19-31-12-2-1-3-13-31/h4,6-10,18H,1-3,5,11-17,19H2,(H,30,33). The van der Waals surface area contributed by atoms with Crippen molar-refractivity contribution in [2.75, 3.05) is 51.3 Å². The van der Waals surface area contributed by atoms with Gasteiger partial charge in [-0.15, -0.1) is 0 Å². The molecule has 6 nitrogen and oxygen atoms in total. The number of likely N-dealkylation sites (tertiary alicyclic amines) is 1. The Morgan fingerprint density at radius 3 is 2.41 bits per heavy atom. The lowest BCUT2D eigenvalue weighted by molar-refractivity contribution is -0.116. The number of aliphatic imine (C=N–C) groups is 1. The Kier molecular flexibility index (Phi) is 9.22. The van der Waals surface area contributed by atoms with Gasteiger partial charge in [-0.05, 0) is 74.3 Å². The zero-order chi connectivity index (χ0) is 23.8. The zero-order valence-electron chi connectivity index (χ0n) is 19.4. The second-order valence-corrected chi connectivity index (χ2v) is 9.64. The maximum atomic E-state index is 12.4. The molecular weight excluding hydrogens is 471 g/mol. The molecule has 0 aromatic heterocycles. The predicted octanol–water partition coefficient (Wildman–Crippen LogP) is 5.41. The van der Waals surface area contributed by atoms with Crippen LogP contribution in [0, 0.1) is 0 Å². The van der Waals surface area contributed by atoms with Crippen LogP contribution in [0.4, 0.5) is 11.4 Å². The molecule has 0 aliphatic carbocycles. The Bertz CT molecular complexity index is 985. The molecule has 2 fully saturated rings. The van der Waals surface area contributed by atoms with E-state index in [-0.39, 0.29) is 5.91 Å². The average Bonchev–Trinajstić information content (AvgIpc) is 2.85. The molecule has 1 N–H and O–H groups in total. The number of amidine groups is 1. The fraction of sp³-hybridized carbons (Fsp3) is 0.462. The van der Waals surface area contributed by atoms with Crippen molar-refractivity contribution in [3.8, 4) is 0 Å². The van der Waals surface area contributed by atoms with Gasteiger partial charge in [-0.3, -0.25) is 9.69 Å².